The summed E-state index contributed by atoms with van der Waals surface area (Å²) in [5.74, 6) is 0.547. The first-order chi connectivity index (χ1) is 14.4. The van der Waals surface area contributed by atoms with Crippen molar-refractivity contribution < 1.29 is 19.2 Å². The summed E-state index contributed by atoms with van der Waals surface area (Å²) in [6.07, 6.45) is 0. The van der Waals surface area contributed by atoms with Crippen LogP contribution in [0, 0.1) is 17.0 Å². The molecule has 2 heterocycles. The van der Waals surface area contributed by atoms with E-state index in [-0.39, 0.29) is 22.2 Å². The standard InChI is InChI=1S/C21H15ClN2O5S/c1-11-5-6-12(17-8-7-13(10-25)29-17)9-15(11)23-21(26)20-18(22)14-3-2-4-16(24(27)28)19(14)30-20/h2-9,25H,10H2,1H3,(H,23,26). The van der Waals surface area contributed by atoms with Gasteiger partial charge in [0.1, 0.15) is 27.7 Å². The third kappa shape index (κ3) is 3.56. The molecular weight excluding hydrogens is 428 g/mol. The fourth-order valence-electron chi connectivity index (χ4n) is 3.07. The highest BCUT2D eigenvalue weighted by Gasteiger charge is 2.23. The van der Waals surface area contributed by atoms with E-state index in [2.05, 4.69) is 5.32 Å². The Morgan fingerprint density at radius 1 is 1.27 bits per heavy atom. The molecule has 4 rings (SSSR count). The van der Waals surface area contributed by atoms with Crippen molar-refractivity contribution in [3.8, 4) is 11.3 Å². The van der Waals surface area contributed by atoms with Gasteiger partial charge in [0.25, 0.3) is 11.6 Å². The minimum Gasteiger partial charge on any atom is -0.459 e. The smallest absolute Gasteiger partial charge is 0.287 e. The Labute approximate surface area is 179 Å². The van der Waals surface area contributed by atoms with Gasteiger partial charge in [-0.25, -0.2) is 0 Å². The molecule has 4 aromatic rings. The molecule has 2 aromatic carbocycles. The van der Waals surface area contributed by atoms with Gasteiger partial charge >= 0.3 is 0 Å². The molecule has 0 unspecified atom stereocenters. The molecule has 0 aliphatic carbocycles. The van der Waals surface area contributed by atoms with Gasteiger partial charge in [-0.3, -0.25) is 14.9 Å². The number of fused-ring (bicyclic) bond motifs is 1. The number of carbonyl (C=O) groups is 1. The lowest BCUT2D eigenvalue weighted by Crippen LogP contribution is -2.11. The Morgan fingerprint density at radius 3 is 2.77 bits per heavy atom. The van der Waals surface area contributed by atoms with Gasteiger partial charge in [-0.2, -0.15) is 0 Å². The lowest BCUT2D eigenvalue weighted by molar-refractivity contribution is -0.382. The number of amides is 1. The van der Waals surface area contributed by atoms with Crippen LogP contribution in [-0.4, -0.2) is 15.9 Å². The van der Waals surface area contributed by atoms with Crippen LogP contribution >= 0.6 is 22.9 Å². The van der Waals surface area contributed by atoms with Crippen molar-refractivity contribution in [3.63, 3.8) is 0 Å². The lowest BCUT2D eigenvalue weighted by Gasteiger charge is -2.09. The van der Waals surface area contributed by atoms with Gasteiger partial charge in [-0.05, 0) is 30.7 Å². The van der Waals surface area contributed by atoms with E-state index in [1.807, 2.05) is 19.1 Å². The molecule has 2 aromatic heterocycles. The number of nitrogens with zero attached hydrogens (tertiary/aromatic N) is 1. The number of hydrogen-bond acceptors (Lipinski definition) is 6. The molecule has 0 fully saturated rings. The zero-order valence-electron chi connectivity index (χ0n) is 15.6. The summed E-state index contributed by atoms with van der Waals surface area (Å²) in [5, 5.41) is 23.9. The number of aryl methyl sites for hydroxylation is 1. The van der Waals surface area contributed by atoms with Crippen molar-refractivity contribution in [2.45, 2.75) is 13.5 Å². The highest BCUT2D eigenvalue weighted by atomic mass is 35.5. The zero-order valence-corrected chi connectivity index (χ0v) is 17.2. The number of thiophene rings is 1. The Bertz CT molecular complexity index is 1290. The van der Waals surface area contributed by atoms with Gasteiger partial charge in [0.2, 0.25) is 0 Å². The van der Waals surface area contributed by atoms with Gasteiger partial charge in [0.05, 0.1) is 9.95 Å². The molecule has 0 saturated heterocycles. The minimum atomic E-state index is -0.492. The molecule has 0 radical (unpaired) electrons. The van der Waals surface area contributed by atoms with E-state index in [0.717, 1.165) is 22.5 Å². The average Bonchev–Trinajstić information content (AvgIpc) is 3.34. The second-order valence-electron chi connectivity index (χ2n) is 6.56. The molecule has 0 atom stereocenters. The van der Waals surface area contributed by atoms with Gasteiger partial charge in [0, 0.05) is 22.7 Å². The number of halogens is 1. The molecule has 0 bridgehead atoms. The van der Waals surface area contributed by atoms with E-state index in [1.165, 1.54) is 6.07 Å². The summed E-state index contributed by atoms with van der Waals surface area (Å²) in [6, 6.07) is 13.4. The average molecular weight is 443 g/mol. The topological polar surface area (TPSA) is 106 Å². The molecule has 0 aliphatic heterocycles. The fraction of sp³-hybridized carbons (Fsp3) is 0.0952. The quantitative estimate of drug-likeness (QED) is 0.301. The number of nitrogens with one attached hydrogen (secondary N) is 1. The minimum absolute atomic E-state index is 0.0888. The predicted molar refractivity (Wildman–Crippen MR) is 116 cm³/mol. The van der Waals surface area contributed by atoms with Crippen LogP contribution in [0.3, 0.4) is 0 Å². The molecule has 0 spiro atoms. The van der Waals surface area contributed by atoms with Crippen LogP contribution in [-0.2, 0) is 6.61 Å². The van der Waals surface area contributed by atoms with E-state index in [9.17, 15) is 20.0 Å². The maximum atomic E-state index is 12.9. The third-order valence-electron chi connectivity index (χ3n) is 4.62. The first kappa shape index (κ1) is 20.1. The molecule has 30 heavy (non-hydrogen) atoms. The number of furan rings is 1. The first-order valence-corrected chi connectivity index (χ1v) is 10.1. The first-order valence-electron chi connectivity index (χ1n) is 8.86. The Balaban J connectivity index is 1.69. The van der Waals surface area contributed by atoms with Gasteiger partial charge in [-0.15, -0.1) is 11.3 Å². The molecule has 9 heteroatoms. The van der Waals surface area contributed by atoms with Crippen LogP contribution < -0.4 is 5.32 Å². The highest BCUT2D eigenvalue weighted by molar-refractivity contribution is 7.22. The lowest BCUT2D eigenvalue weighted by atomic mass is 10.1. The van der Waals surface area contributed by atoms with Crippen molar-refractivity contribution in [2.75, 3.05) is 5.32 Å². The summed E-state index contributed by atoms with van der Waals surface area (Å²) in [7, 11) is 0. The van der Waals surface area contributed by atoms with E-state index in [0.29, 0.717) is 27.3 Å². The SMILES string of the molecule is Cc1ccc(-c2ccc(CO)o2)cc1NC(=O)c1sc2c([N+](=O)[O-])cccc2c1Cl. The van der Waals surface area contributed by atoms with Crippen LogP contribution in [0.15, 0.2) is 52.9 Å². The number of rotatable bonds is 5. The van der Waals surface area contributed by atoms with Crippen LogP contribution in [0.4, 0.5) is 11.4 Å². The number of anilines is 1. The van der Waals surface area contributed by atoms with Crippen molar-refractivity contribution in [2.24, 2.45) is 0 Å². The third-order valence-corrected chi connectivity index (χ3v) is 6.36. The van der Waals surface area contributed by atoms with E-state index in [4.69, 9.17) is 16.0 Å². The van der Waals surface area contributed by atoms with Crippen molar-refractivity contribution in [3.05, 3.63) is 79.9 Å². The van der Waals surface area contributed by atoms with Crippen LogP contribution in [0.5, 0.6) is 0 Å². The normalized spacial score (nSPS) is 11.0. The summed E-state index contributed by atoms with van der Waals surface area (Å²) in [6.45, 7) is 1.64. The van der Waals surface area contributed by atoms with Crippen LogP contribution in [0.1, 0.15) is 21.0 Å². The monoisotopic (exact) mass is 442 g/mol. The van der Waals surface area contributed by atoms with Crippen molar-refractivity contribution in [1.29, 1.82) is 0 Å². The second-order valence-corrected chi connectivity index (χ2v) is 7.96. The van der Waals surface area contributed by atoms with E-state index in [1.54, 1.807) is 30.3 Å². The molecule has 1 amide bonds. The summed E-state index contributed by atoms with van der Waals surface area (Å²) in [5.41, 5.74) is 2.02. The number of benzene rings is 2. The largest absolute Gasteiger partial charge is 0.459 e. The van der Waals surface area contributed by atoms with Gasteiger partial charge in [0.15, 0.2) is 0 Å². The van der Waals surface area contributed by atoms with E-state index >= 15 is 0 Å². The molecular formula is C21H15ClN2O5S. The van der Waals surface area contributed by atoms with Crippen LogP contribution in [0.2, 0.25) is 5.02 Å². The number of hydrogen-bond donors (Lipinski definition) is 2. The summed E-state index contributed by atoms with van der Waals surface area (Å²) < 4.78 is 5.91. The van der Waals surface area contributed by atoms with Gasteiger partial charge < -0.3 is 14.8 Å². The fourth-order valence-corrected chi connectivity index (χ4v) is 4.56. The van der Waals surface area contributed by atoms with E-state index < -0.39 is 10.8 Å². The van der Waals surface area contributed by atoms with Crippen molar-refractivity contribution in [1.82, 2.24) is 0 Å². The predicted octanol–water partition coefficient (Wildman–Crippen LogP) is 5.78. The molecule has 7 nitrogen and oxygen atoms in total. The number of nitro benzene ring substituents is 1. The van der Waals surface area contributed by atoms with Gasteiger partial charge in [-0.1, -0.05) is 35.9 Å². The summed E-state index contributed by atoms with van der Waals surface area (Å²) >= 11 is 7.36. The number of nitro groups is 1. The zero-order chi connectivity index (χ0) is 21.4. The Kier molecular flexibility index (Phi) is 5.29. The number of carbonyl (C=O) groups excluding carboxylic acids is 1. The number of non-ortho nitro benzene ring substituents is 1. The number of aliphatic hydroxyl groups excluding tert-OH is 1. The maximum absolute atomic E-state index is 12.9. The summed E-state index contributed by atoms with van der Waals surface area (Å²) in [4.78, 5) is 23.9. The highest BCUT2D eigenvalue weighted by Crippen LogP contribution is 2.40. The molecule has 0 saturated carbocycles. The number of aliphatic hydroxyl groups is 1. The Morgan fingerprint density at radius 2 is 2.07 bits per heavy atom. The Hall–Kier alpha value is -3.20. The molecule has 0 aliphatic rings. The second kappa shape index (κ2) is 7.91. The van der Waals surface area contributed by atoms with Crippen LogP contribution in [0.25, 0.3) is 21.4 Å². The van der Waals surface area contributed by atoms with Crippen molar-refractivity contribution >= 4 is 50.3 Å². The molecule has 152 valence electrons. The maximum Gasteiger partial charge on any atom is 0.287 e. The molecule has 2 N–H and O–H groups in total.